The van der Waals surface area contributed by atoms with E-state index in [-0.39, 0.29) is 11.5 Å². The van der Waals surface area contributed by atoms with E-state index in [1.54, 1.807) is 0 Å². The molecular weight excluding hydrogens is 180 g/mol. The van der Waals surface area contributed by atoms with Gasteiger partial charge in [-0.15, -0.1) is 0 Å². The van der Waals surface area contributed by atoms with Crippen LogP contribution in [0.3, 0.4) is 0 Å². The van der Waals surface area contributed by atoms with Crippen LogP contribution in [-0.4, -0.2) is 29.6 Å². The smallest absolute Gasteiger partial charge is 0.375 e. The average Bonchev–Trinajstić information content (AvgIpc) is 2.55. The maximum absolute atomic E-state index is 12.5. The fourth-order valence-electron chi connectivity index (χ4n) is 1.14. The van der Waals surface area contributed by atoms with Gasteiger partial charge < -0.3 is 10.4 Å². The average molecular weight is 193 g/mol. The summed E-state index contributed by atoms with van der Waals surface area (Å²) >= 11 is 0. The molecule has 0 radical (unpaired) electrons. The van der Waals surface area contributed by atoms with E-state index < -0.39 is 18.4 Å². The van der Waals surface area contributed by atoms with E-state index in [0.717, 1.165) is 6.42 Å². The van der Waals surface area contributed by atoms with Crippen molar-refractivity contribution in [3.05, 3.63) is 0 Å². The van der Waals surface area contributed by atoms with Crippen LogP contribution in [0.25, 0.3) is 0 Å². The predicted molar refractivity (Wildman–Crippen MR) is 42.8 cm³/mol. The Morgan fingerprint density at radius 3 is 2.46 bits per heavy atom. The molecule has 0 heterocycles. The summed E-state index contributed by atoms with van der Waals surface area (Å²) in [7, 11) is 0. The van der Waals surface area contributed by atoms with E-state index in [0.29, 0.717) is 0 Å². The third-order valence-corrected chi connectivity index (χ3v) is 2.40. The normalized spacial score (nSPS) is 25.7. The predicted octanol–water partition coefficient (Wildman–Crippen LogP) is 1.09. The fraction of sp³-hybridized carbons (Fsp3) is 0.875. The molecule has 0 aromatic rings. The number of halogens is 2. The molecule has 1 saturated carbocycles. The van der Waals surface area contributed by atoms with Crippen LogP contribution < -0.4 is 5.32 Å². The van der Waals surface area contributed by atoms with E-state index in [9.17, 15) is 13.6 Å². The minimum absolute atomic E-state index is 0.0257. The summed E-state index contributed by atoms with van der Waals surface area (Å²) < 4.78 is 25.0. The van der Waals surface area contributed by atoms with Crippen LogP contribution in [0.15, 0.2) is 0 Å². The van der Waals surface area contributed by atoms with Gasteiger partial charge in [0.05, 0.1) is 6.54 Å². The third kappa shape index (κ3) is 2.37. The zero-order chi connectivity index (χ0) is 10.3. The van der Waals surface area contributed by atoms with Crippen LogP contribution in [0.5, 0.6) is 0 Å². The Morgan fingerprint density at radius 1 is 1.69 bits per heavy atom. The van der Waals surface area contributed by atoms with Crippen molar-refractivity contribution < 1.29 is 18.7 Å². The largest absolute Gasteiger partial charge is 0.477 e. The quantitative estimate of drug-likeness (QED) is 0.702. The zero-order valence-electron chi connectivity index (χ0n) is 7.60. The fourth-order valence-corrected chi connectivity index (χ4v) is 1.14. The van der Waals surface area contributed by atoms with Crippen LogP contribution >= 0.6 is 0 Å². The van der Waals surface area contributed by atoms with Crippen molar-refractivity contribution in [2.24, 2.45) is 5.41 Å². The van der Waals surface area contributed by atoms with Gasteiger partial charge in [0.2, 0.25) is 0 Å². The van der Waals surface area contributed by atoms with E-state index in [1.807, 2.05) is 13.8 Å². The Bertz CT molecular complexity index is 228. The van der Waals surface area contributed by atoms with Crippen molar-refractivity contribution in [2.75, 3.05) is 6.54 Å². The van der Waals surface area contributed by atoms with Crippen molar-refractivity contribution >= 4 is 5.97 Å². The SMILES string of the molecule is CC1(C)CC1NCC(F)(F)C(=O)O. The van der Waals surface area contributed by atoms with Crippen LogP contribution in [-0.2, 0) is 4.79 Å². The topological polar surface area (TPSA) is 49.3 Å². The summed E-state index contributed by atoms with van der Waals surface area (Å²) in [4.78, 5) is 10.0. The molecule has 1 fully saturated rings. The lowest BCUT2D eigenvalue weighted by atomic mass is 10.2. The highest BCUT2D eigenvalue weighted by Gasteiger charge is 2.48. The lowest BCUT2D eigenvalue weighted by molar-refractivity contribution is -0.164. The van der Waals surface area contributed by atoms with Crippen molar-refractivity contribution in [1.29, 1.82) is 0 Å². The third-order valence-electron chi connectivity index (χ3n) is 2.40. The minimum Gasteiger partial charge on any atom is -0.477 e. The number of rotatable bonds is 4. The lowest BCUT2D eigenvalue weighted by Crippen LogP contribution is -2.41. The van der Waals surface area contributed by atoms with E-state index in [1.165, 1.54) is 0 Å². The molecule has 1 aliphatic rings. The van der Waals surface area contributed by atoms with Gasteiger partial charge in [0, 0.05) is 6.04 Å². The molecule has 1 aliphatic carbocycles. The molecule has 1 unspecified atom stereocenters. The molecule has 3 nitrogen and oxygen atoms in total. The Kier molecular flexibility index (Phi) is 2.32. The van der Waals surface area contributed by atoms with Crippen LogP contribution in [0.1, 0.15) is 20.3 Å². The van der Waals surface area contributed by atoms with Gasteiger partial charge >= 0.3 is 11.9 Å². The Labute approximate surface area is 75.1 Å². The minimum atomic E-state index is -3.65. The standard InChI is InChI=1S/C8H13F2NO2/c1-7(2)3-5(7)11-4-8(9,10)6(12)13/h5,11H,3-4H2,1-2H3,(H,12,13). The summed E-state index contributed by atoms with van der Waals surface area (Å²) in [6.45, 7) is 3.11. The van der Waals surface area contributed by atoms with Gasteiger partial charge in [0.15, 0.2) is 0 Å². The molecule has 0 spiro atoms. The highest BCUT2D eigenvalue weighted by molar-refractivity contribution is 5.75. The second-order valence-electron chi connectivity index (χ2n) is 4.14. The second-order valence-corrected chi connectivity index (χ2v) is 4.14. The van der Waals surface area contributed by atoms with Gasteiger partial charge in [-0.25, -0.2) is 4.79 Å². The van der Waals surface area contributed by atoms with E-state index in [2.05, 4.69) is 5.32 Å². The molecule has 0 amide bonds. The first-order valence-electron chi connectivity index (χ1n) is 4.10. The molecule has 0 aromatic heterocycles. The number of aliphatic carboxylic acids is 1. The Hall–Kier alpha value is -0.710. The highest BCUT2D eigenvalue weighted by Crippen LogP contribution is 2.44. The van der Waals surface area contributed by atoms with Crippen LogP contribution in [0.4, 0.5) is 8.78 Å². The van der Waals surface area contributed by atoms with Gasteiger partial charge in [-0.2, -0.15) is 8.78 Å². The molecule has 2 N–H and O–H groups in total. The highest BCUT2D eigenvalue weighted by atomic mass is 19.3. The molecule has 5 heteroatoms. The van der Waals surface area contributed by atoms with Gasteiger partial charge in [-0.1, -0.05) is 13.8 Å². The Balaban J connectivity index is 2.31. The molecule has 1 rings (SSSR count). The number of carboxylic acids is 1. The first-order chi connectivity index (χ1) is 5.76. The van der Waals surface area contributed by atoms with Crippen molar-refractivity contribution in [3.8, 4) is 0 Å². The summed E-state index contributed by atoms with van der Waals surface area (Å²) in [6, 6.07) is 0.0257. The first kappa shape index (κ1) is 10.4. The molecular formula is C8H13F2NO2. The molecule has 0 bridgehead atoms. The molecule has 0 aromatic carbocycles. The van der Waals surface area contributed by atoms with Crippen molar-refractivity contribution in [1.82, 2.24) is 5.32 Å². The first-order valence-corrected chi connectivity index (χ1v) is 4.10. The van der Waals surface area contributed by atoms with Crippen LogP contribution in [0.2, 0.25) is 0 Å². The van der Waals surface area contributed by atoms with Crippen molar-refractivity contribution in [3.63, 3.8) is 0 Å². The summed E-state index contributed by atoms with van der Waals surface area (Å²) in [5, 5.41) is 10.7. The second kappa shape index (κ2) is 2.90. The summed E-state index contributed by atoms with van der Waals surface area (Å²) in [5.41, 5.74) is 0.0363. The van der Waals surface area contributed by atoms with Gasteiger partial charge in [-0.3, -0.25) is 0 Å². The number of hydrogen-bond acceptors (Lipinski definition) is 2. The number of carboxylic acid groups (broad SMARTS) is 1. The molecule has 1 atom stereocenters. The summed E-state index contributed by atoms with van der Waals surface area (Å²) in [5.74, 6) is -5.72. The number of carbonyl (C=O) groups is 1. The summed E-state index contributed by atoms with van der Waals surface area (Å²) in [6.07, 6.45) is 0.822. The monoisotopic (exact) mass is 193 g/mol. The van der Waals surface area contributed by atoms with E-state index in [4.69, 9.17) is 5.11 Å². The van der Waals surface area contributed by atoms with Gasteiger partial charge in [0.1, 0.15) is 0 Å². The van der Waals surface area contributed by atoms with Crippen LogP contribution in [0, 0.1) is 5.41 Å². The maximum Gasteiger partial charge on any atom is 0.375 e. The number of hydrogen-bond donors (Lipinski definition) is 2. The Morgan fingerprint density at radius 2 is 2.15 bits per heavy atom. The number of nitrogens with one attached hydrogen (secondary N) is 1. The zero-order valence-corrected chi connectivity index (χ0v) is 7.60. The van der Waals surface area contributed by atoms with E-state index >= 15 is 0 Å². The van der Waals surface area contributed by atoms with Gasteiger partial charge in [-0.05, 0) is 11.8 Å². The number of alkyl halides is 2. The van der Waals surface area contributed by atoms with Gasteiger partial charge in [0.25, 0.3) is 0 Å². The maximum atomic E-state index is 12.5. The molecule has 0 aliphatic heterocycles. The van der Waals surface area contributed by atoms with Crippen molar-refractivity contribution in [2.45, 2.75) is 32.2 Å². The molecule has 76 valence electrons. The molecule has 0 saturated heterocycles. The lowest BCUT2D eigenvalue weighted by Gasteiger charge is -2.12. The molecule has 13 heavy (non-hydrogen) atoms.